The van der Waals surface area contributed by atoms with Gasteiger partial charge in [0.1, 0.15) is 0 Å². The minimum absolute atomic E-state index is 0.173. The van der Waals surface area contributed by atoms with Crippen LogP contribution in [0.15, 0.2) is 78.0 Å². The van der Waals surface area contributed by atoms with Gasteiger partial charge in [-0.1, -0.05) is 48.9 Å². The van der Waals surface area contributed by atoms with Crippen molar-refractivity contribution >= 4 is 11.4 Å². The van der Waals surface area contributed by atoms with Crippen LogP contribution in [-0.2, 0) is 0 Å². The lowest BCUT2D eigenvalue weighted by Gasteiger charge is -2.36. The molecule has 0 spiro atoms. The first-order chi connectivity index (χ1) is 13.3. The van der Waals surface area contributed by atoms with Crippen molar-refractivity contribution in [2.45, 2.75) is 31.3 Å². The molecule has 4 nitrogen and oxygen atoms in total. The maximum absolute atomic E-state index is 9.89. The van der Waals surface area contributed by atoms with Crippen molar-refractivity contribution in [3.8, 4) is 6.07 Å². The number of benzene rings is 2. The topological polar surface area (TPSA) is 65.1 Å². The lowest BCUT2D eigenvalue weighted by atomic mass is 9.91. The van der Waals surface area contributed by atoms with Crippen molar-refractivity contribution in [2.24, 2.45) is 0 Å². The maximum Gasteiger partial charge on any atom is 0.0973 e. The Bertz CT molecular complexity index is 903. The molecule has 1 fully saturated rings. The smallest absolute Gasteiger partial charge is 0.0973 e. The van der Waals surface area contributed by atoms with Crippen LogP contribution in [0.4, 0.5) is 11.4 Å². The van der Waals surface area contributed by atoms with Gasteiger partial charge in [-0.15, -0.1) is 0 Å². The van der Waals surface area contributed by atoms with Crippen molar-refractivity contribution in [3.63, 3.8) is 0 Å². The number of rotatable bonds is 5. The van der Waals surface area contributed by atoms with E-state index in [4.69, 9.17) is 5.73 Å². The first-order valence-corrected chi connectivity index (χ1v) is 9.50. The minimum Gasteiger partial charge on any atom is -0.397 e. The molecule has 2 aromatic rings. The highest BCUT2D eigenvalue weighted by molar-refractivity contribution is 5.72. The van der Waals surface area contributed by atoms with Crippen LogP contribution in [0.25, 0.3) is 0 Å². The molecule has 0 radical (unpaired) electrons. The quantitative estimate of drug-likeness (QED) is 0.784. The first-order valence-electron chi connectivity index (χ1n) is 9.50. The highest BCUT2D eigenvalue weighted by Crippen LogP contribution is 2.39. The van der Waals surface area contributed by atoms with Crippen LogP contribution in [0.5, 0.6) is 0 Å². The normalized spacial score (nSPS) is 19.7. The Labute approximate surface area is 160 Å². The van der Waals surface area contributed by atoms with E-state index >= 15 is 0 Å². The van der Waals surface area contributed by atoms with E-state index in [1.807, 2.05) is 48.5 Å². The molecule has 1 aliphatic carbocycles. The van der Waals surface area contributed by atoms with E-state index in [-0.39, 0.29) is 6.04 Å². The number of nitrogens with two attached hydrogens (primary N) is 1. The van der Waals surface area contributed by atoms with Gasteiger partial charge >= 0.3 is 0 Å². The number of para-hydroxylation sites is 2. The molecule has 27 heavy (non-hydrogen) atoms. The zero-order valence-electron chi connectivity index (χ0n) is 15.3. The molecule has 0 saturated heterocycles. The summed E-state index contributed by atoms with van der Waals surface area (Å²) in [6.45, 7) is 0.764. The number of hydrogen-bond acceptors (Lipinski definition) is 4. The first kappa shape index (κ1) is 17.4. The van der Waals surface area contributed by atoms with E-state index in [0.717, 1.165) is 28.9 Å². The van der Waals surface area contributed by atoms with Gasteiger partial charge in [0.2, 0.25) is 0 Å². The van der Waals surface area contributed by atoms with Crippen molar-refractivity contribution in [1.82, 2.24) is 5.32 Å². The van der Waals surface area contributed by atoms with Gasteiger partial charge in [0.05, 0.1) is 29.1 Å². The van der Waals surface area contributed by atoms with Gasteiger partial charge in [-0.3, -0.25) is 0 Å². The molecule has 1 saturated carbocycles. The number of nitrogen functional groups attached to an aromatic ring is 1. The molecule has 4 rings (SSSR count). The summed E-state index contributed by atoms with van der Waals surface area (Å²) >= 11 is 0. The number of nitriles is 1. The summed E-state index contributed by atoms with van der Waals surface area (Å²) < 4.78 is 0. The summed E-state index contributed by atoms with van der Waals surface area (Å²) in [6.07, 6.45) is 7.95. The summed E-state index contributed by atoms with van der Waals surface area (Å²) in [4.78, 5) is 2.14. The van der Waals surface area contributed by atoms with E-state index in [0.29, 0.717) is 11.7 Å². The Kier molecular flexibility index (Phi) is 4.95. The minimum atomic E-state index is -0.173. The number of hydrogen-bond donors (Lipinski definition) is 2. The van der Waals surface area contributed by atoms with Crippen molar-refractivity contribution in [3.05, 3.63) is 83.6 Å². The number of nitrogens with zero attached hydrogens (tertiary/aromatic N) is 2. The van der Waals surface area contributed by atoms with E-state index in [9.17, 15) is 5.26 Å². The van der Waals surface area contributed by atoms with Gasteiger partial charge in [0.25, 0.3) is 0 Å². The Morgan fingerprint density at radius 2 is 1.81 bits per heavy atom. The number of nitrogens with one attached hydrogen (secondary N) is 1. The van der Waals surface area contributed by atoms with Crippen molar-refractivity contribution < 1.29 is 0 Å². The third-order valence-electron chi connectivity index (χ3n) is 5.38. The fourth-order valence-corrected chi connectivity index (χ4v) is 3.69. The SMILES string of the molecule is N#CC1=CC(CNC2CCC2)=CN(c2ccccc2N)C1c1ccccc1. The van der Waals surface area contributed by atoms with Gasteiger partial charge in [0, 0.05) is 18.8 Å². The molecular formula is C23H24N4. The lowest BCUT2D eigenvalue weighted by Crippen LogP contribution is -2.37. The molecular weight excluding hydrogens is 332 g/mol. The lowest BCUT2D eigenvalue weighted by molar-refractivity contribution is 0.350. The van der Waals surface area contributed by atoms with Gasteiger partial charge in [-0.25, -0.2) is 0 Å². The average molecular weight is 356 g/mol. The van der Waals surface area contributed by atoms with Gasteiger partial charge in [0.15, 0.2) is 0 Å². The van der Waals surface area contributed by atoms with Crippen LogP contribution in [0, 0.1) is 11.3 Å². The molecule has 0 bridgehead atoms. The largest absolute Gasteiger partial charge is 0.397 e. The molecule has 136 valence electrons. The average Bonchev–Trinajstić information content (AvgIpc) is 2.67. The van der Waals surface area contributed by atoms with E-state index < -0.39 is 0 Å². The summed E-state index contributed by atoms with van der Waals surface area (Å²) in [5, 5.41) is 13.5. The van der Waals surface area contributed by atoms with E-state index in [2.05, 4.69) is 34.6 Å². The van der Waals surface area contributed by atoms with Gasteiger partial charge in [-0.05, 0) is 42.2 Å². The molecule has 1 atom stereocenters. The van der Waals surface area contributed by atoms with Gasteiger partial charge < -0.3 is 16.0 Å². The van der Waals surface area contributed by atoms with Crippen LogP contribution in [0.2, 0.25) is 0 Å². The zero-order chi connectivity index (χ0) is 18.6. The Morgan fingerprint density at radius 1 is 1.07 bits per heavy atom. The molecule has 0 aromatic heterocycles. The Morgan fingerprint density at radius 3 is 2.48 bits per heavy atom. The monoisotopic (exact) mass is 356 g/mol. The Balaban J connectivity index is 1.73. The summed E-state index contributed by atoms with van der Waals surface area (Å²) in [5.74, 6) is 0. The summed E-state index contributed by atoms with van der Waals surface area (Å²) in [6, 6.07) is 20.8. The van der Waals surface area contributed by atoms with Crippen LogP contribution >= 0.6 is 0 Å². The second-order valence-corrected chi connectivity index (χ2v) is 7.20. The molecule has 4 heteroatoms. The fraction of sp³-hybridized carbons (Fsp3) is 0.261. The molecule has 0 amide bonds. The second kappa shape index (κ2) is 7.69. The summed E-state index contributed by atoms with van der Waals surface area (Å²) in [7, 11) is 0. The standard InChI is InChI=1S/C23H24N4/c24-14-19-13-17(15-26-20-9-6-10-20)16-27(22-12-5-4-11-21(22)25)23(19)18-7-2-1-3-8-18/h1-5,7-8,11-13,16,20,23,26H,6,9-10,15,25H2. The third kappa shape index (κ3) is 3.60. The molecule has 2 aromatic carbocycles. The maximum atomic E-state index is 9.89. The third-order valence-corrected chi connectivity index (χ3v) is 5.38. The zero-order valence-corrected chi connectivity index (χ0v) is 15.3. The van der Waals surface area contributed by atoms with Crippen LogP contribution in [0.3, 0.4) is 0 Å². The van der Waals surface area contributed by atoms with Gasteiger partial charge in [-0.2, -0.15) is 5.26 Å². The Hall–Kier alpha value is -3.03. The molecule has 1 unspecified atom stereocenters. The highest BCUT2D eigenvalue weighted by atomic mass is 15.2. The summed E-state index contributed by atoms with van der Waals surface area (Å²) in [5.41, 5.74) is 10.8. The van der Waals surface area contributed by atoms with Crippen molar-refractivity contribution in [2.75, 3.05) is 17.2 Å². The van der Waals surface area contributed by atoms with E-state index in [1.54, 1.807) is 0 Å². The highest BCUT2D eigenvalue weighted by Gasteiger charge is 2.29. The molecule has 2 aliphatic rings. The van der Waals surface area contributed by atoms with Crippen molar-refractivity contribution in [1.29, 1.82) is 5.26 Å². The molecule has 3 N–H and O–H groups in total. The predicted octanol–water partition coefficient (Wildman–Crippen LogP) is 4.31. The molecule has 1 heterocycles. The van der Waals surface area contributed by atoms with Crippen LogP contribution in [0.1, 0.15) is 30.9 Å². The predicted molar refractivity (Wildman–Crippen MR) is 110 cm³/mol. The fourth-order valence-electron chi connectivity index (χ4n) is 3.69. The number of anilines is 2. The second-order valence-electron chi connectivity index (χ2n) is 7.20. The van der Waals surface area contributed by atoms with Crippen LogP contribution < -0.4 is 16.0 Å². The van der Waals surface area contributed by atoms with Crippen LogP contribution in [-0.4, -0.2) is 12.6 Å². The van der Waals surface area contributed by atoms with E-state index in [1.165, 1.54) is 19.3 Å². The molecule has 1 aliphatic heterocycles.